The average Bonchev–Trinajstić information content (AvgIpc) is 3.04. The largest absolute Gasteiger partial charge is 0.363 e. The number of hydrogen-bond donors (Lipinski definition) is 0. The van der Waals surface area contributed by atoms with Crippen molar-refractivity contribution >= 4 is 17.6 Å². The molecule has 130 valence electrons. The molecule has 0 amide bonds. The molecule has 26 heavy (non-hydrogen) atoms. The van der Waals surface area contributed by atoms with Crippen molar-refractivity contribution in [3.05, 3.63) is 94.0 Å². The summed E-state index contributed by atoms with van der Waals surface area (Å²) in [7, 11) is 0. The van der Waals surface area contributed by atoms with Gasteiger partial charge in [-0.25, -0.2) is 0 Å². The maximum Gasteiger partial charge on any atom is 0.0659 e. The standard InChI is InChI=1S/C24H24N2/c1-17-6-4-5-7-24(17)25-14-20-8-10-23(11-9-20)26-15-21-12-18(2)19(3)13-22(21)16-26/h4-14H,15-16H2,1-3H3. The van der Waals surface area contributed by atoms with Gasteiger partial charge in [-0.1, -0.05) is 42.5 Å². The van der Waals surface area contributed by atoms with Gasteiger partial charge in [-0.2, -0.15) is 0 Å². The van der Waals surface area contributed by atoms with E-state index >= 15 is 0 Å². The highest BCUT2D eigenvalue weighted by molar-refractivity contribution is 5.83. The minimum atomic E-state index is 0.993. The number of rotatable bonds is 3. The highest BCUT2D eigenvalue weighted by atomic mass is 15.1. The van der Waals surface area contributed by atoms with E-state index in [4.69, 9.17) is 0 Å². The predicted octanol–water partition coefficient (Wildman–Crippen LogP) is 5.88. The Labute approximate surface area is 155 Å². The molecule has 0 spiro atoms. The second kappa shape index (κ2) is 6.80. The van der Waals surface area contributed by atoms with E-state index in [1.807, 2.05) is 24.4 Å². The number of para-hydroxylation sites is 1. The monoisotopic (exact) mass is 340 g/mol. The first-order valence-corrected chi connectivity index (χ1v) is 9.14. The summed E-state index contributed by atoms with van der Waals surface area (Å²) < 4.78 is 0. The van der Waals surface area contributed by atoms with E-state index in [-0.39, 0.29) is 0 Å². The molecule has 4 rings (SSSR count). The van der Waals surface area contributed by atoms with E-state index in [9.17, 15) is 0 Å². The Hall–Kier alpha value is -2.87. The first-order valence-electron chi connectivity index (χ1n) is 9.14. The van der Waals surface area contributed by atoms with Crippen LogP contribution in [-0.2, 0) is 13.1 Å². The van der Waals surface area contributed by atoms with Crippen molar-refractivity contribution in [1.29, 1.82) is 0 Å². The summed E-state index contributed by atoms with van der Waals surface area (Å²) in [5, 5.41) is 0. The molecule has 3 aromatic carbocycles. The lowest BCUT2D eigenvalue weighted by molar-refractivity contribution is 0.880. The fourth-order valence-electron chi connectivity index (χ4n) is 3.50. The van der Waals surface area contributed by atoms with Gasteiger partial charge in [0.05, 0.1) is 5.69 Å². The van der Waals surface area contributed by atoms with E-state index in [0.717, 1.165) is 24.3 Å². The van der Waals surface area contributed by atoms with Crippen molar-refractivity contribution in [2.45, 2.75) is 33.9 Å². The molecule has 0 radical (unpaired) electrons. The smallest absolute Gasteiger partial charge is 0.0659 e. The summed E-state index contributed by atoms with van der Waals surface area (Å²) in [6.07, 6.45) is 1.94. The molecule has 0 atom stereocenters. The molecular weight excluding hydrogens is 316 g/mol. The van der Waals surface area contributed by atoms with Gasteiger partial charge in [-0.05, 0) is 72.4 Å². The zero-order valence-electron chi connectivity index (χ0n) is 15.7. The molecule has 0 N–H and O–H groups in total. The maximum absolute atomic E-state index is 4.62. The Balaban J connectivity index is 1.50. The summed E-state index contributed by atoms with van der Waals surface area (Å²) in [6, 6.07) is 21.6. The van der Waals surface area contributed by atoms with E-state index in [2.05, 4.69) is 73.1 Å². The zero-order valence-corrected chi connectivity index (χ0v) is 15.7. The van der Waals surface area contributed by atoms with Crippen LogP contribution < -0.4 is 4.90 Å². The van der Waals surface area contributed by atoms with Gasteiger partial charge < -0.3 is 4.90 Å². The van der Waals surface area contributed by atoms with Crippen LogP contribution in [0.1, 0.15) is 33.4 Å². The van der Waals surface area contributed by atoms with Crippen LogP contribution in [0, 0.1) is 20.8 Å². The van der Waals surface area contributed by atoms with Gasteiger partial charge in [0.1, 0.15) is 0 Å². The van der Waals surface area contributed by atoms with Crippen LogP contribution in [0.3, 0.4) is 0 Å². The molecule has 3 aromatic rings. The Morgan fingerprint density at radius 1 is 0.769 bits per heavy atom. The Morgan fingerprint density at radius 2 is 1.38 bits per heavy atom. The molecule has 0 fully saturated rings. The van der Waals surface area contributed by atoms with Crippen molar-refractivity contribution in [2.24, 2.45) is 4.99 Å². The highest BCUT2D eigenvalue weighted by Crippen LogP contribution is 2.30. The van der Waals surface area contributed by atoms with Crippen molar-refractivity contribution < 1.29 is 0 Å². The number of aliphatic imine (C=N–C) groups is 1. The normalized spacial score (nSPS) is 13.4. The third kappa shape index (κ3) is 3.28. The molecule has 1 aliphatic rings. The van der Waals surface area contributed by atoms with Gasteiger partial charge >= 0.3 is 0 Å². The first-order chi connectivity index (χ1) is 12.6. The van der Waals surface area contributed by atoms with Crippen LogP contribution in [0.5, 0.6) is 0 Å². The number of fused-ring (bicyclic) bond motifs is 1. The molecule has 0 saturated carbocycles. The number of benzene rings is 3. The van der Waals surface area contributed by atoms with Crippen molar-refractivity contribution in [3.8, 4) is 0 Å². The van der Waals surface area contributed by atoms with Gasteiger partial charge in [-0.3, -0.25) is 4.99 Å². The number of nitrogens with zero attached hydrogens (tertiary/aromatic N) is 2. The summed E-state index contributed by atoms with van der Waals surface area (Å²) in [5.74, 6) is 0. The lowest BCUT2D eigenvalue weighted by atomic mass is 10.0. The van der Waals surface area contributed by atoms with Gasteiger partial charge in [0.25, 0.3) is 0 Å². The number of hydrogen-bond acceptors (Lipinski definition) is 2. The van der Waals surface area contributed by atoms with Crippen LogP contribution >= 0.6 is 0 Å². The zero-order chi connectivity index (χ0) is 18.1. The van der Waals surface area contributed by atoms with Crippen LogP contribution in [-0.4, -0.2) is 6.21 Å². The fourth-order valence-corrected chi connectivity index (χ4v) is 3.50. The molecule has 0 aliphatic carbocycles. The molecule has 1 heterocycles. The molecule has 0 unspecified atom stereocenters. The van der Waals surface area contributed by atoms with E-state index < -0.39 is 0 Å². The second-order valence-electron chi connectivity index (χ2n) is 7.20. The summed E-state index contributed by atoms with van der Waals surface area (Å²) in [6.45, 7) is 8.46. The molecule has 2 nitrogen and oxygen atoms in total. The van der Waals surface area contributed by atoms with Crippen molar-refractivity contribution in [2.75, 3.05) is 4.90 Å². The SMILES string of the molecule is Cc1cc2c(cc1C)CN(c1ccc(C=Nc3ccccc3C)cc1)C2. The van der Waals surface area contributed by atoms with Crippen molar-refractivity contribution in [1.82, 2.24) is 0 Å². The number of aryl methyl sites for hydroxylation is 3. The van der Waals surface area contributed by atoms with Gasteiger partial charge in [0, 0.05) is 25.0 Å². The minimum absolute atomic E-state index is 0.993. The molecular formula is C24H24N2. The van der Waals surface area contributed by atoms with Crippen LogP contribution in [0.2, 0.25) is 0 Å². The average molecular weight is 340 g/mol. The van der Waals surface area contributed by atoms with Gasteiger partial charge in [-0.15, -0.1) is 0 Å². The van der Waals surface area contributed by atoms with Crippen LogP contribution in [0.15, 0.2) is 65.7 Å². The lowest BCUT2D eigenvalue weighted by Gasteiger charge is -2.17. The topological polar surface area (TPSA) is 15.6 Å². The Morgan fingerprint density at radius 3 is 2.00 bits per heavy atom. The summed E-state index contributed by atoms with van der Waals surface area (Å²) >= 11 is 0. The van der Waals surface area contributed by atoms with Gasteiger partial charge in [0.2, 0.25) is 0 Å². The summed E-state index contributed by atoms with van der Waals surface area (Å²) in [5.41, 5.74) is 10.3. The minimum Gasteiger partial charge on any atom is -0.363 e. The van der Waals surface area contributed by atoms with Crippen LogP contribution in [0.25, 0.3) is 0 Å². The lowest BCUT2D eigenvalue weighted by Crippen LogP contribution is -2.14. The fraction of sp³-hybridized carbons (Fsp3) is 0.208. The third-order valence-electron chi connectivity index (χ3n) is 5.26. The number of anilines is 1. The molecule has 1 aliphatic heterocycles. The second-order valence-corrected chi connectivity index (χ2v) is 7.20. The maximum atomic E-state index is 4.62. The predicted molar refractivity (Wildman–Crippen MR) is 111 cm³/mol. The highest BCUT2D eigenvalue weighted by Gasteiger charge is 2.19. The molecule has 0 saturated heterocycles. The van der Waals surface area contributed by atoms with E-state index in [0.29, 0.717) is 0 Å². The van der Waals surface area contributed by atoms with Gasteiger partial charge in [0.15, 0.2) is 0 Å². The summed E-state index contributed by atoms with van der Waals surface area (Å²) in [4.78, 5) is 7.05. The van der Waals surface area contributed by atoms with E-state index in [1.165, 1.54) is 33.5 Å². The van der Waals surface area contributed by atoms with Crippen LogP contribution in [0.4, 0.5) is 11.4 Å². The first kappa shape index (κ1) is 16.6. The van der Waals surface area contributed by atoms with E-state index in [1.54, 1.807) is 0 Å². The Bertz CT molecular complexity index is 937. The Kier molecular flexibility index (Phi) is 4.34. The third-order valence-corrected chi connectivity index (χ3v) is 5.26. The van der Waals surface area contributed by atoms with Crippen molar-refractivity contribution in [3.63, 3.8) is 0 Å². The molecule has 0 aromatic heterocycles. The quantitative estimate of drug-likeness (QED) is 0.543. The molecule has 2 heteroatoms. The molecule has 0 bridgehead atoms.